The second-order valence-corrected chi connectivity index (χ2v) is 15.0. The third kappa shape index (κ3) is 7.16. The molecule has 6 atom stereocenters. The standard InChI is InChI=1S/C41H51N9O4/c1-6-23(3)35(42)39(51)49-16-8-10-33(49)37-44-22-32(47-37)26-13-12-25-19-30(43-21-28(25)18-26)27-14-15-29-31(20-27)46-38(45-29)34-11-9-17-50(34)40(52)36(24(4)7-2)48-41(53)54-5/h12-15,18-24,33-36H,6-11,16-17,42H2,1-5H3,(H,44,47)(H,45,46)(H,48,53)/t23-,24-,33+,34+,35+,36+/m1/s1. The van der Waals surface area contributed by atoms with Crippen LogP contribution in [0.5, 0.6) is 0 Å². The number of alkyl carbamates (subject to hydrolysis) is 1. The third-order valence-electron chi connectivity index (χ3n) is 11.6. The maximum absolute atomic E-state index is 13.8. The van der Waals surface area contributed by atoms with Crippen molar-refractivity contribution in [1.29, 1.82) is 0 Å². The second kappa shape index (κ2) is 15.6. The quantitative estimate of drug-likeness (QED) is 0.117. The van der Waals surface area contributed by atoms with Gasteiger partial charge in [0.15, 0.2) is 0 Å². The maximum Gasteiger partial charge on any atom is 0.407 e. The highest BCUT2D eigenvalue weighted by Crippen LogP contribution is 2.35. The number of carbonyl (C=O) groups excluding carboxylic acids is 3. The van der Waals surface area contributed by atoms with Crippen LogP contribution >= 0.6 is 0 Å². The van der Waals surface area contributed by atoms with Crippen LogP contribution in [-0.4, -0.2) is 84.9 Å². The number of ether oxygens (including phenoxy) is 1. The van der Waals surface area contributed by atoms with E-state index in [1.54, 1.807) is 0 Å². The molecule has 3 amide bonds. The van der Waals surface area contributed by atoms with Crippen LogP contribution in [0.3, 0.4) is 0 Å². The van der Waals surface area contributed by atoms with E-state index >= 15 is 0 Å². The lowest BCUT2D eigenvalue weighted by atomic mass is 9.97. The van der Waals surface area contributed by atoms with Gasteiger partial charge in [0.05, 0.1) is 53.9 Å². The molecule has 13 nitrogen and oxygen atoms in total. The first-order valence-electron chi connectivity index (χ1n) is 19.3. The minimum atomic E-state index is -0.676. The van der Waals surface area contributed by atoms with Gasteiger partial charge in [0.1, 0.15) is 17.7 Å². The molecule has 284 valence electrons. The molecule has 2 aliphatic rings. The molecular formula is C41H51N9O4. The number of aromatic nitrogens is 5. The molecule has 2 fully saturated rings. The van der Waals surface area contributed by atoms with Crippen LogP contribution in [0.1, 0.15) is 90.0 Å². The summed E-state index contributed by atoms with van der Waals surface area (Å²) in [6, 6.07) is 12.9. The topological polar surface area (TPSA) is 175 Å². The fourth-order valence-electron chi connectivity index (χ4n) is 7.83. The summed E-state index contributed by atoms with van der Waals surface area (Å²) in [6.07, 6.45) is 8.13. The largest absolute Gasteiger partial charge is 0.453 e. The number of hydrogen-bond donors (Lipinski definition) is 4. The van der Waals surface area contributed by atoms with Crippen molar-refractivity contribution < 1.29 is 19.1 Å². The van der Waals surface area contributed by atoms with E-state index in [1.165, 1.54) is 7.11 Å². The number of aromatic amines is 2. The van der Waals surface area contributed by atoms with Crippen LogP contribution in [0.15, 0.2) is 54.9 Å². The van der Waals surface area contributed by atoms with E-state index in [0.29, 0.717) is 13.1 Å². The zero-order valence-corrected chi connectivity index (χ0v) is 31.8. The predicted octanol–water partition coefficient (Wildman–Crippen LogP) is 6.64. The number of hydrogen-bond acceptors (Lipinski definition) is 8. The van der Waals surface area contributed by atoms with Gasteiger partial charge in [-0.3, -0.25) is 14.6 Å². The number of carbonyl (C=O) groups is 3. The number of nitrogens with two attached hydrogens (primary N) is 1. The fourth-order valence-corrected chi connectivity index (χ4v) is 7.83. The Morgan fingerprint density at radius 1 is 0.852 bits per heavy atom. The van der Waals surface area contributed by atoms with Crippen molar-refractivity contribution in [2.75, 3.05) is 20.2 Å². The molecule has 54 heavy (non-hydrogen) atoms. The zero-order valence-electron chi connectivity index (χ0n) is 31.8. The van der Waals surface area contributed by atoms with Gasteiger partial charge < -0.3 is 35.6 Å². The number of imidazole rings is 2. The minimum Gasteiger partial charge on any atom is -0.453 e. The molecule has 2 saturated heterocycles. The van der Waals surface area contributed by atoms with E-state index in [1.807, 2.05) is 55.1 Å². The fraction of sp³-hybridized carbons (Fsp3) is 0.463. The van der Waals surface area contributed by atoms with Crippen LogP contribution < -0.4 is 11.1 Å². The number of fused-ring (bicyclic) bond motifs is 2. The highest BCUT2D eigenvalue weighted by Gasteiger charge is 2.38. The van der Waals surface area contributed by atoms with Gasteiger partial charge in [-0.2, -0.15) is 0 Å². The first-order chi connectivity index (χ1) is 26.1. The monoisotopic (exact) mass is 733 g/mol. The number of rotatable bonds is 11. The van der Waals surface area contributed by atoms with Gasteiger partial charge in [-0.25, -0.2) is 14.8 Å². The van der Waals surface area contributed by atoms with Gasteiger partial charge in [0, 0.05) is 35.8 Å². The number of methoxy groups -OCH3 is 1. The van der Waals surface area contributed by atoms with Crippen molar-refractivity contribution >= 4 is 39.7 Å². The molecule has 5 heterocycles. The average Bonchev–Trinajstić information content (AvgIpc) is 4.04. The van der Waals surface area contributed by atoms with Crippen molar-refractivity contribution in [2.24, 2.45) is 17.6 Å². The summed E-state index contributed by atoms with van der Waals surface area (Å²) in [5, 5.41) is 4.81. The van der Waals surface area contributed by atoms with E-state index < -0.39 is 18.2 Å². The summed E-state index contributed by atoms with van der Waals surface area (Å²) in [5.74, 6) is 1.47. The molecule has 13 heteroatoms. The Bertz CT molecular complexity index is 2160. The molecular weight excluding hydrogens is 683 g/mol. The van der Waals surface area contributed by atoms with Crippen LogP contribution in [0.25, 0.3) is 44.3 Å². The first kappa shape index (κ1) is 37.0. The maximum atomic E-state index is 13.8. The van der Waals surface area contributed by atoms with Crippen LogP contribution in [0.4, 0.5) is 4.79 Å². The summed E-state index contributed by atoms with van der Waals surface area (Å²) in [7, 11) is 1.30. The zero-order chi connectivity index (χ0) is 38.1. The summed E-state index contributed by atoms with van der Waals surface area (Å²) in [4.78, 5) is 64.2. The number of nitrogens with one attached hydrogen (secondary N) is 3. The van der Waals surface area contributed by atoms with Crippen LogP contribution in [0.2, 0.25) is 0 Å². The van der Waals surface area contributed by atoms with E-state index in [2.05, 4.69) is 52.5 Å². The smallest absolute Gasteiger partial charge is 0.407 e. The summed E-state index contributed by atoms with van der Waals surface area (Å²) < 4.78 is 4.81. The lowest BCUT2D eigenvalue weighted by Crippen LogP contribution is -2.51. The number of amides is 3. The van der Waals surface area contributed by atoms with E-state index in [-0.39, 0.29) is 35.7 Å². The van der Waals surface area contributed by atoms with E-state index in [9.17, 15) is 14.4 Å². The molecule has 2 aliphatic heterocycles. The van der Waals surface area contributed by atoms with Crippen LogP contribution in [-0.2, 0) is 14.3 Å². The van der Waals surface area contributed by atoms with Crippen molar-refractivity contribution in [1.82, 2.24) is 40.0 Å². The van der Waals surface area contributed by atoms with Gasteiger partial charge in [0.25, 0.3) is 0 Å². The summed E-state index contributed by atoms with van der Waals surface area (Å²) in [5.41, 5.74) is 11.7. The third-order valence-corrected chi connectivity index (χ3v) is 11.6. The van der Waals surface area contributed by atoms with Gasteiger partial charge in [-0.05, 0) is 67.2 Å². The number of likely N-dealkylation sites (tertiary alicyclic amines) is 2. The lowest BCUT2D eigenvalue weighted by molar-refractivity contribution is -0.136. The molecule has 0 bridgehead atoms. The van der Waals surface area contributed by atoms with Gasteiger partial charge in [0.2, 0.25) is 11.8 Å². The summed E-state index contributed by atoms with van der Waals surface area (Å²) >= 11 is 0. The van der Waals surface area contributed by atoms with Crippen LogP contribution in [0, 0.1) is 11.8 Å². The molecule has 0 aliphatic carbocycles. The number of benzene rings is 2. The molecule has 7 rings (SSSR count). The Kier molecular flexibility index (Phi) is 10.7. The number of nitrogens with zero attached hydrogens (tertiary/aromatic N) is 5. The Labute approximate surface area is 315 Å². The normalized spacial score (nSPS) is 19.6. The summed E-state index contributed by atoms with van der Waals surface area (Å²) in [6.45, 7) is 9.34. The Morgan fingerprint density at radius 3 is 2.28 bits per heavy atom. The highest BCUT2D eigenvalue weighted by atomic mass is 16.5. The van der Waals surface area contributed by atoms with Gasteiger partial charge in [-0.1, -0.05) is 58.7 Å². The van der Waals surface area contributed by atoms with Crippen molar-refractivity contribution in [3.8, 4) is 22.5 Å². The molecule has 5 N–H and O–H groups in total. The SMILES string of the molecule is CC[C@@H](C)[C@H](N)C(=O)N1CCC[C@H]1c1ncc(-c2ccc3cc(-c4ccc5nc([C@@H]6CCCN6C(=O)[C@@H](NC(=O)OC)[C@H](C)CC)[nH]c5c4)ncc3c2)[nH]1. The first-order valence-corrected chi connectivity index (χ1v) is 19.3. The minimum absolute atomic E-state index is 0.00141. The predicted molar refractivity (Wildman–Crippen MR) is 208 cm³/mol. The molecule has 0 saturated carbocycles. The molecule has 0 spiro atoms. The van der Waals surface area contributed by atoms with E-state index in [4.69, 9.17) is 25.4 Å². The highest BCUT2D eigenvalue weighted by molar-refractivity contribution is 5.90. The average molecular weight is 734 g/mol. The Hall–Kier alpha value is -5.30. The lowest BCUT2D eigenvalue weighted by Gasteiger charge is -2.30. The molecule has 5 aromatic rings. The van der Waals surface area contributed by atoms with Gasteiger partial charge >= 0.3 is 6.09 Å². The van der Waals surface area contributed by atoms with Crippen molar-refractivity contribution in [2.45, 2.75) is 90.4 Å². The number of H-pyrrole nitrogens is 2. The second-order valence-electron chi connectivity index (χ2n) is 15.0. The Morgan fingerprint density at radius 2 is 1.56 bits per heavy atom. The molecule has 0 unspecified atom stereocenters. The van der Waals surface area contributed by atoms with Gasteiger partial charge in [-0.15, -0.1) is 0 Å². The Balaban J connectivity index is 1.08. The molecule has 0 radical (unpaired) electrons. The molecule has 3 aromatic heterocycles. The number of pyridine rings is 1. The van der Waals surface area contributed by atoms with Crippen molar-refractivity contribution in [3.63, 3.8) is 0 Å². The van der Waals surface area contributed by atoms with Crippen molar-refractivity contribution in [3.05, 3.63) is 66.5 Å². The van der Waals surface area contributed by atoms with E-state index in [0.717, 1.165) is 94.5 Å². The molecule has 2 aromatic carbocycles.